The lowest BCUT2D eigenvalue weighted by atomic mass is 10.0. The molecular weight excluding hydrogens is 186 g/mol. The van der Waals surface area contributed by atoms with Crippen LogP contribution in [0.1, 0.15) is 17.0 Å². The molecule has 0 aliphatic rings. The molecule has 0 saturated heterocycles. The number of hydrogen-bond donors (Lipinski definition) is 1. The van der Waals surface area contributed by atoms with Crippen molar-refractivity contribution in [2.45, 2.75) is 13.8 Å². The van der Waals surface area contributed by atoms with E-state index in [9.17, 15) is 0 Å². The predicted molar refractivity (Wildman–Crippen MR) is 58.2 cm³/mol. The predicted octanol–water partition coefficient (Wildman–Crippen LogP) is 2.57. The van der Waals surface area contributed by atoms with Gasteiger partial charge in [-0.3, -0.25) is 0 Å². The fourth-order valence-electron chi connectivity index (χ4n) is 1.54. The summed E-state index contributed by atoms with van der Waals surface area (Å²) in [6.07, 6.45) is 1.69. The fraction of sp³-hybridized carbons (Fsp3) is 0.167. The summed E-state index contributed by atoms with van der Waals surface area (Å²) in [5, 5.41) is 8.68. The Kier molecular flexibility index (Phi) is 2.26. The van der Waals surface area contributed by atoms with Crippen LogP contribution in [0.2, 0.25) is 0 Å². The number of aryl methyl sites for hydroxylation is 2. The van der Waals surface area contributed by atoms with Gasteiger partial charge in [0.25, 0.3) is 0 Å². The molecule has 0 unspecified atom stereocenters. The molecule has 0 atom stereocenters. The molecule has 3 nitrogen and oxygen atoms in total. The van der Waals surface area contributed by atoms with E-state index < -0.39 is 0 Å². The molecule has 0 aliphatic carbocycles. The second-order valence-electron chi connectivity index (χ2n) is 3.58. The topological polar surface area (TPSA) is 52.5 Å². The maximum absolute atomic E-state index is 8.68. The van der Waals surface area contributed by atoms with E-state index in [0.717, 1.165) is 11.3 Å². The van der Waals surface area contributed by atoms with Gasteiger partial charge in [0, 0.05) is 5.56 Å². The van der Waals surface area contributed by atoms with Gasteiger partial charge in [0.15, 0.2) is 0 Å². The minimum Gasteiger partial charge on any atom is -0.329 e. The molecule has 2 aromatic rings. The Hall–Kier alpha value is -2.08. The molecular formula is C12H11N3. The van der Waals surface area contributed by atoms with Crippen LogP contribution in [0.4, 0.5) is 0 Å². The number of nitrogens with zero attached hydrogens (tertiary/aromatic N) is 2. The Balaban J connectivity index is 2.54. The van der Waals surface area contributed by atoms with Crippen molar-refractivity contribution in [1.29, 1.82) is 5.26 Å². The molecule has 74 valence electrons. The van der Waals surface area contributed by atoms with Gasteiger partial charge in [-0.05, 0) is 25.5 Å². The number of nitriles is 1. The van der Waals surface area contributed by atoms with Crippen LogP contribution in [0.25, 0.3) is 11.3 Å². The van der Waals surface area contributed by atoms with Crippen molar-refractivity contribution in [1.82, 2.24) is 9.97 Å². The fourth-order valence-corrected chi connectivity index (χ4v) is 1.54. The number of nitrogens with one attached hydrogen (secondary N) is 1. The number of H-pyrrole nitrogens is 1. The van der Waals surface area contributed by atoms with Crippen molar-refractivity contribution in [3.05, 3.63) is 41.3 Å². The van der Waals surface area contributed by atoms with Crippen molar-refractivity contribution in [2.75, 3.05) is 0 Å². The van der Waals surface area contributed by atoms with Gasteiger partial charge in [0.05, 0.1) is 11.9 Å². The van der Waals surface area contributed by atoms with Crippen LogP contribution in [0.5, 0.6) is 0 Å². The summed E-state index contributed by atoms with van der Waals surface area (Å²) >= 11 is 0. The molecule has 0 radical (unpaired) electrons. The molecule has 1 aromatic heterocycles. The van der Waals surface area contributed by atoms with E-state index in [2.05, 4.69) is 28.2 Å². The van der Waals surface area contributed by atoms with Crippen molar-refractivity contribution >= 4 is 0 Å². The SMILES string of the molecule is Cc1ccc(C)c(-c2cnc(C#N)[nH]2)c1. The van der Waals surface area contributed by atoms with Crippen LogP contribution in [0.15, 0.2) is 24.4 Å². The minimum absolute atomic E-state index is 0.353. The van der Waals surface area contributed by atoms with Gasteiger partial charge in [-0.1, -0.05) is 17.7 Å². The van der Waals surface area contributed by atoms with Crippen LogP contribution in [-0.4, -0.2) is 9.97 Å². The number of rotatable bonds is 1. The maximum Gasteiger partial charge on any atom is 0.210 e. The third kappa shape index (κ3) is 1.75. The summed E-state index contributed by atoms with van der Waals surface area (Å²) in [6.45, 7) is 4.09. The molecule has 0 aliphatic heterocycles. The molecule has 1 N–H and O–H groups in total. The molecule has 1 heterocycles. The molecule has 1 aromatic carbocycles. The number of aromatic nitrogens is 2. The first-order valence-electron chi connectivity index (χ1n) is 4.73. The van der Waals surface area contributed by atoms with E-state index in [1.165, 1.54) is 11.1 Å². The number of aromatic amines is 1. The zero-order valence-corrected chi connectivity index (χ0v) is 8.70. The average Bonchev–Trinajstić information content (AvgIpc) is 2.70. The second-order valence-corrected chi connectivity index (χ2v) is 3.58. The summed E-state index contributed by atoms with van der Waals surface area (Å²) in [6, 6.07) is 8.21. The largest absolute Gasteiger partial charge is 0.329 e. The van der Waals surface area contributed by atoms with Crippen molar-refractivity contribution in [3.8, 4) is 17.3 Å². The first-order chi connectivity index (χ1) is 7.20. The average molecular weight is 197 g/mol. The van der Waals surface area contributed by atoms with Crippen molar-refractivity contribution in [2.24, 2.45) is 0 Å². The molecule has 0 fully saturated rings. The van der Waals surface area contributed by atoms with Gasteiger partial charge < -0.3 is 4.98 Å². The number of imidazole rings is 1. The van der Waals surface area contributed by atoms with E-state index in [1.54, 1.807) is 6.20 Å². The highest BCUT2D eigenvalue weighted by atomic mass is 14.9. The Labute approximate surface area is 88.4 Å². The highest BCUT2D eigenvalue weighted by Crippen LogP contribution is 2.22. The Bertz CT molecular complexity index is 532. The van der Waals surface area contributed by atoms with E-state index in [1.807, 2.05) is 19.9 Å². The van der Waals surface area contributed by atoms with Crippen LogP contribution in [0.3, 0.4) is 0 Å². The summed E-state index contributed by atoms with van der Waals surface area (Å²) < 4.78 is 0. The van der Waals surface area contributed by atoms with Crippen LogP contribution in [-0.2, 0) is 0 Å². The number of hydrogen-bond acceptors (Lipinski definition) is 2. The van der Waals surface area contributed by atoms with Crippen LogP contribution in [0, 0.1) is 25.2 Å². The zero-order chi connectivity index (χ0) is 10.8. The lowest BCUT2D eigenvalue weighted by molar-refractivity contribution is 1.23. The lowest BCUT2D eigenvalue weighted by Gasteiger charge is -2.03. The normalized spacial score (nSPS) is 9.93. The molecule has 3 heteroatoms. The summed E-state index contributed by atoms with van der Waals surface area (Å²) in [5.41, 5.74) is 4.37. The van der Waals surface area contributed by atoms with Gasteiger partial charge in [0.2, 0.25) is 5.82 Å². The molecule has 0 spiro atoms. The first-order valence-corrected chi connectivity index (χ1v) is 4.73. The zero-order valence-electron chi connectivity index (χ0n) is 8.70. The van der Waals surface area contributed by atoms with Gasteiger partial charge in [0.1, 0.15) is 6.07 Å². The standard InChI is InChI=1S/C12H11N3/c1-8-3-4-9(2)10(5-8)11-7-14-12(6-13)15-11/h3-5,7H,1-2H3,(H,14,15). The first kappa shape index (κ1) is 9.47. The molecule has 2 rings (SSSR count). The third-order valence-corrected chi connectivity index (χ3v) is 2.36. The molecule has 0 saturated carbocycles. The molecule has 15 heavy (non-hydrogen) atoms. The Morgan fingerprint density at radius 3 is 2.80 bits per heavy atom. The van der Waals surface area contributed by atoms with Gasteiger partial charge in [-0.25, -0.2) is 4.98 Å². The monoisotopic (exact) mass is 197 g/mol. The smallest absolute Gasteiger partial charge is 0.210 e. The van der Waals surface area contributed by atoms with E-state index in [0.29, 0.717) is 5.82 Å². The van der Waals surface area contributed by atoms with Crippen LogP contribution < -0.4 is 0 Å². The maximum atomic E-state index is 8.68. The number of benzene rings is 1. The highest BCUT2D eigenvalue weighted by molar-refractivity contribution is 5.64. The summed E-state index contributed by atoms with van der Waals surface area (Å²) in [4.78, 5) is 6.94. The van der Waals surface area contributed by atoms with E-state index in [-0.39, 0.29) is 0 Å². The Morgan fingerprint density at radius 1 is 1.33 bits per heavy atom. The highest BCUT2D eigenvalue weighted by Gasteiger charge is 2.05. The third-order valence-electron chi connectivity index (χ3n) is 2.36. The van der Waals surface area contributed by atoms with E-state index >= 15 is 0 Å². The van der Waals surface area contributed by atoms with E-state index in [4.69, 9.17) is 5.26 Å². The molecule has 0 bridgehead atoms. The van der Waals surface area contributed by atoms with Crippen molar-refractivity contribution < 1.29 is 0 Å². The Morgan fingerprint density at radius 2 is 2.13 bits per heavy atom. The quantitative estimate of drug-likeness (QED) is 0.763. The second kappa shape index (κ2) is 3.58. The minimum atomic E-state index is 0.353. The molecule has 0 amide bonds. The lowest BCUT2D eigenvalue weighted by Crippen LogP contribution is -1.85. The summed E-state index contributed by atoms with van der Waals surface area (Å²) in [7, 11) is 0. The van der Waals surface area contributed by atoms with Gasteiger partial charge in [-0.2, -0.15) is 5.26 Å². The van der Waals surface area contributed by atoms with Crippen molar-refractivity contribution in [3.63, 3.8) is 0 Å². The van der Waals surface area contributed by atoms with Gasteiger partial charge in [-0.15, -0.1) is 0 Å². The van der Waals surface area contributed by atoms with Crippen LogP contribution >= 0.6 is 0 Å². The summed E-state index contributed by atoms with van der Waals surface area (Å²) in [5.74, 6) is 0.353. The van der Waals surface area contributed by atoms with Gasteiger partial charge >= 0.3 is 0 Å².